The molecule has 2 aliphatic rings. The van der Waals surface area contributed by atoms with Gasteiger partial charge in [0, 0.05) is 18.3 Å². The van der Waals surface area contributed by atoms with Crippen LogP contribution in [0.5, 0.6) is 5.75 Å². The molecular formula is C16H20F3N3O2. The lowest BCUT2D eigenvalue weighted by atomic mass is 10.1. The van der Waals surface area contributed by atoms with E-state index in [-0.39, 0.29) is 24.2 Å². The molecule has 2 fully saturated rings. The quantitative estimate of drug-likeness (QED) is 0.856. The Balaban J connectivity index is 1.58. The number of hydrogen-bond donors (Lipinski definition) is 2. The van der Waals surface area contributed by atoms with Crippen LogP contribution in [-0.4, -0.2) is 36.1 Å². The number of rotatable bonds is 5. The van der Waals surface area contributed by atoms with Crippen LogP contribution in [0.1, 0.15) is 19.4 Å². The molecule has 3 atom stereocenters. The lowest BCUT2D eigenvalue weighted by Gasteiger charge is -2.27. The van der Waals surface area contributed by atoms with Gasteiger partial charge in [-0.15, -0.1) is 0 Å². The van der Waals surface area contributed by atoms with E-state index in [9.17, 15) is 18.0 Å². The second-order valence-corrected chi connectivity index (χ2v) is 7.04. The number of piperidine rings is 1. The minimum Gasteiger partial charge on any atom is -0.490 e. The van der Waals surface area contributed by atoms with Gasteiger partial charge in [-0.05, 0) is 44.8 Å². The molecule has 1 amide bonds. The fourth-order valence-corrected chi connectivity index (χ4v) is 3.24. The van der Waals surface area contributed by atoms with Crippen LogP contribution in [0.15, 0.2) is 18.5 Å². The number of alkyl halides is 3. The zero-order valence-corrected chi connectivity index (χ0v) is 13.5. The largest absolute Gasteiger partial charge is 0.490 e. The molecule has 24 heavy (non-hydrogen) atoms. The molecule has 0 radical (unpaired) electrons. The van der Waals surface area contributed by atoms with E-state index in [2.05, 4.69) is 15.6 Å². The van der Waals surface area contributed by atoms with Gasteiger partial charge in [-0.25, -0.2) is 0 Å². The van der Waals surface area contributed by atoms with Crippen LogP contribution >= 0.6 is 0 Å². The first kappa shape index (κ1) is 17.0. The van der Waals surface area contributed by atoms with Gasteiger partial charge in [0.15, 0.2) is 0 Å². The van der Waals surface area contributed by atoms with Gasteiger partial charge in [0.1, 0.15) is 17.9 Å². The molecule has 2 N–H and O–H groups in total. The van der Waals surface area contributed by atoms with Crippen LogP contribution in [0.3, 0.4) is 0 Å². The summed E-state index contributed by atoms with van der Waals surface area (Å²) in [5.41, 5.74) is -1.69. The van der Waals surface area contributed by atoms with Crippen LogP contribution in [0.2, 0.25) is 0 Å². The highest BCUT2D eigenvalue weighted by Gasteiger charge is 2.57. The Labute approximate surface area is 138 Å². The Morgan fingerprint density at radius 1 is 1.38 bits per heavy atom. The van der Waals surface area contributed by atoms with E-state index in [4.69, 9.17) is 4.74 Å². The van der Waals surface area contributed by atoms with Crippen molar-refractivity contribution in [2.75, 3.05) is 19.7 Å². The molecule has 8 heteroatoms. The Morgan fingerprint density at radius 3 is 2.67 bits per heavy atom. The topological polar surface area (TPSA) is 63.2 Å². The molecule has 3 rings (SSSR count). The minimum absolute atomic E-state index is 0.0113. The van der Waals surface area contributed by atoms with Gasteiger partial charge < -0.3 is 15.4 Å². The van der Waals surface area contributed by atoms with Crippen LogP contribution in [0, 0.1) is 17.8 Å². The van der Waals surface area contributed by atoms with Crippen molar-refractivity contribution in [2.24, 2.45) is 17.8 Å². The SMILES string of the molecule is CC(C)(COc1ccncc1C(F)(F)F)NC(=O)C1C2CNC[C@@H]21. The molecule has 1 aromatic heterocycles. The predicted octanol–water partition coefficient (Wildman–Crippen LogP) is 1.84. The highest BCUT2D eigenvalue weighted by Crippen LogP contribution is 2.48. The molecule has 132 valence electrons. The van der Waals surface area contributed by atoms with E-state index in [1.807, 2.05) is 0 Å². The van der Waals surface area contributed by atoms with E-state index in [1.54, 1.807) is 13.8 Å². The summed E-state index contributed by atoms with van der Waals surface area (Å²) in [7, 11) is 0. The van der Waals surface area contributed by atoms with Crippen molar-refractivity contribution in [1.82, 2.24) is 15.6 Å². The van der Waals surface area contributed by atoms with Gasteiger partial charge in [0.2, 0.25) is 5.91 Å². The van der Waals surface area contributed by atoms with Gasteiger partial charge in [-0.2, -0.15) is 13.2 Å². The summed E-state index contributed by atoms with van der Waals surface area (Å²) in [6, 6.07) is 1.18. The molecular weight excluding hydrogens is 323 g/mol. The monoisotopic (exact) mass is 343 g/mol. The van der Waals surface area contributed by atoms with E-state index < -0.39 is 17.3 Å². The molecule has 2 unspecified atom stereocenters. The van der Waals surface area contributed by atoms with Crippen molar-refractivity contribution in [1.29, 1.82) is 0 Å². The molecule has 0 aromatic carbocycles. The number of carbonyl (C=O) groups is 1. The first-order valence-electron chi connectivity index (χ1n) is 7.86. The molecule has 1 aromatic rings. The van der Waals surface area contributed by atoms with Crippen LogP contribution in [0.25, 0.3) is 0 Å². The molecule has 1 saturated carbocycles. The first-order chi connectivity index (χ1) is 11.2. The van der Waals surface area contributed by atoms with Crippen LogP contribution in [0.4, 0.5) is 13.2 Å². The molecule has 1 aliphatic heterocycles. The molecule has 2 heterocycles. The van der Waals surface area contributed by atoms with E-state index in [0.717, 1.165) is 19.3 Å². The average molecular weight is 343 g/mol. The Morgan fingerprint density at radius 2 is 2.04 bits per heavy atom. The first-order valence-corrected chi connectivity index (χ1v) is 7.86. The van der Waals surface area contributed by atoms with Gasteiger partial charge in [0.25, 0.3) is 0 Å². The number of fused-ring (bicyclic) bond motifs is 1. The second kappa shape index (κ2) is 5.91. The zero-order chi connectivity index (χ0) is 17.5. The summed E-state index contributed by atoms with van der Waals surface area (Å²) in [4.78, 5) is 15.8. The van der Waals surface area contributed by atoms with Crippen molar-refractivity contribution in [2.45, 2.75) is 25.6 Å². The standard InChI is InChI=1S/C16H20F3N3O2/c1-15(2,22-14(23)13-9-5-21-6-10(9)13)8-24-12-3-4-20-7-11(12)16(17,18)19/h3-4,7,9-10,13,21H,5-6,8H2,1-2H3,(H,22,23)/t9-,10?,13?/m0/s1. The minimum atomic E-state index is -4.53. The Kier molecular flexibility index (Phi) is 4.19. The van der Waals surface area contributed by atoms with Crippen molar-refractivity contribution in [3.05, 3.63) is 24.0 Å². The number of amides is 1. The fraction of sp³-hybridized carbons (Fsp3) is 0.625. The van der Waals surface area contributed by atoms with Gasteiger partial charge in [0.05, 0.1) is 5.54 Å². The summed E-state index contributed by atoms with van der Waals surface area (Å²) < 4.78 is 44.1. The highest BCUT2D eigenvalue weighted by molar-refractivity contribution is 5.83. The summed E-state index contributed by atoms with van der Waals surface area (Å²) in [6.07, 6.45) is -2.55. The van der Waals surface area contributed by atoms with Crippen molar-refractivity contribution < 1.29 is 22.7 Å². The smallest absolute Gasteiger partial charge is 0.421 e. The summed E-state index contributed by atoms with van der Waals surface area (Å²) >= 11 is 0. The Hall–Kier alpha value is -1.83. The fourth-order valence-electron chi connectivity index (χ4n) is 3.24. The lowest BCUT2D eigenvalue weighted by Crippen LogP contribution is -2.49. The van der Waals surface area contributed by atoms with E-state index in [0.29, 0.717) is 11.8 Å². The number of nitrogens with zero attached hydrogens (tertiary/aromatic N) is 1. The van der Waals surface area contributed by atoms with Gasteiger partial charge >= 0.3 is 6.18 Å². The normalized spacial score (nSPS) is 26.0. The van der Waals surface area contributed by atoms with Crippen molar-refractivity contribution in [3.8, 4) is 5.75 Å². The maximum atomic E-state index is 12.9. The number of aromatic nitrogens is 1. The third-order valence-corrected chi connectivity index (χ3v) is 4.53. The van der Waals surface area contributed by atoms with Gasteiger partial charge in [-0.1, -0.05) is 0 Å². The third kappa shape index (κ3) is 3.48. The number of ether oxygens (including phenoxy) is 1. The van der Waals surface area contributed by atoms with Crippen LogP contribution < -0.4 is 15.4 Å². The Bertz CT molecular complexity index is 623. The number of hydrogen-bond acceptors (Lipinski definition) is 4. The number of halogens is 3. The summed E-state index contributed by atoms with van der Waals surface area (Å²) in [5.74, 6) is 0.452. The van der Waals surface area contributed by atoms with Crippen LogP contribution in [-0.2, 0) is 11.0 Å². The highest BCUT2D eigenvalue weighted by atomic mass is 19.4. The zero-order valence-electron chi connectivity index (χ0n) is 13.5. The summed E-state index contributed by atoms with van der Waals surface area (Å²) in [5, 5.41) is 6.11. The molecule has 1 saturated heterocycles. The maximum absolute atomic E-state index is 12.9. The molecule has 5 nitrogen and oxygen atoms in total. The number of carbonyl (C=O) groups excluding carboxylic acids is 1. The molecule has 0 spiro atoms. The predicted molar refractivity (Wildman–Crippen MR) is 80.3 cm³/mol. The molecule has 1 aliphatic carbocycles. The number of nitrogens with one attached hydrogen (secondary N) is 2. The van der Waals surface area contributed by atoms with Crippen molar-refractivity contribution in [3.63, 3.8) is 0 Å². The third-order valence-electron chi connectivity index (χ3n) is 4.53. The lowest BCUT2D eigenvalue weighted by molar-refractivity contribution is -0.139. The summed E-state index contributed by atoms with van der Waals surface area (Å²) in [6.45, 7) is 5.11. The maximum Gasteiger partial charge on any atom is 0.421 e. The second-order valence-electron chi connectivity index (χ2n) is 7.04. The number of pyridine rings is 1. The van der Waals surface area contributed by atoms with E-state index >= 15 is 0 Å². The average Bonchev–Trinajstić information content (AvgIpc) is 2.98. The van der Waals surface area contributed by atoms with Crippen molar-refractivity contribution >= 4 is 5.91 Å². The van der Waals surface area contributed by atoms with E-state index in [1.165, 1.54) is 12.3 Å². The van der Waals surface area contributed by atoms with Gasteiger partial charge in [-0.3, -0.25) is 9.78 Å². The molecule has 0 bridgehead atoms.